The highest BCUT2D eigenvalue weighted by molar-refractivity contribution is 7.85. The van der Waals surface area contributed by atoms with E-state index in [2.05, 4.69) is 18.7 Å². The van der Waals surface area contributed by atoms with Crippen molar-refractivity contribution in [1.29, 1.82) is 0 Å². The highest BCUT2D eigenvalue weighted by Crippen LogP contribution is 2.67. The molecule has 202 valence electrons. The zero-order chi connectivity index (χ0) is 25.6. The van der Waals surface area contributed by atoms with Gasteiger partial charge in [0.1, 0.15) is 0 Å². The summed E-state index contributed by atoms with van der Waals surface area (Å²) in [6.07, 6.45) is 9.86. The van der Waals surface area contributed by atoms with Crippen LogP contribution in [0.15, 0.2) is 0 Å². The molecule has 0 radical (unpaired) electrons. The van der Waals surface area contributed by atoms with Crippen molar-refractivity contribution < 1.29 is 27.6 Å². The maximum Gasteiger partial charge on any atom is 0.261 e. The number of halogens is 1. The smallest absolute Gasteiger partial charge is 0.261 e. The molecule has 4 saturated carbocycles. The molecule has 0 amide bonds. The van der Waals surface area contributed by atoms with E-state index in [1.54, 1.807) is 0 Å². The number of nitrogens with zero attached hydrogens (tertiary/aromatic N) is 1. The van der Waals surface area contributed by atoms with Crippen LogP contribution in [0.25, 0.3) is 0 Å². The van der Waals surface area contributed by atoms with E-state index in [9.17, 15) is 18.3 Å². The van der Waals surface area contributed by atoms with Gasteiger partial charge in [0.2, 0.25) is 0 Å². The Balaban J connectivity index is 0.000000527. The SMILES string of the molecule is CS(=O)(=O)O.C[C@]12C[C@H](N3CCOCC3)[C@@H](O)C[C@@H]1CC[C@@H]1[C@@H]2CC[C@]2(C)[C@@H](C(=O)CCl)CC[C@@H]12. The Hall–Kier alpha value is -0.250. The first-order valence-corrected chi connectivity index (χ1v) is 15.8. The van der Waals surface area contributed by atoms with Crippen LogP contribution >= 0.6 is 11.6 Å². The van der Waals surface area contributed by atoms with Crippen molar-refractivity contribution in [2.24, 2.45) is 40.4 Å². The van der Waals surface area contributed by atoms with Crippen molar-refractivity contribution in [3.63, 3.8) is 0 Å². The fourth-order valence-electron chi connectivity index (χ4n) is 9.18. The Morgan fingerprint density at radius 2 is 1.69 bits per heavy atom. The van der Waals surface area contributed by atoms with E-state index in [1.165, 1.54) is 32.1 Å². The summed E-state index contributed by atoms with van der Waals surface area (Å²) in [4.78, 5) is 15.1. The Kier molecular flexibility index (Phi) is 8.32. The van der Waals surface area contributed by atoms with Crippen LogP contribution in [0.4, 0.5) is 0 Å². The van der Waals surface area contributed by atoms with Crippen LogP contribution in [0.3, 0.4) is 0 Å². The van der Waals surface area contributed by atoms with Crippen molar-refractivity contribution in [2.45, 2.75) is 77.4 Å². The Labute approximate surface area is 216 Å². The van der Waals surface area contributed by atoms with Crippen LogP contribution in [0, 0.1) is 40.4 Å². The molecule has 0 aromatic carbocycles. The number of ketones is 1. The van der Waals surface area contributed by atoms with Gasteiger partial charge in [0, 0.05) is 25.0 Å². The molecule has 1 saturated heterocycles. The molecule has 2 N–H and O–H groups in total. The predicted octanol–water partition coefficient (Wildman–Crippen LogP) is 3.63. The molecule has 0 aromatic rings. The van der Waals surface area contributed by atoms with Crippen molar-refractivity contribution in [3.8, 4) is 0 Å². The largest absolute Gasteiger partial charge is 0.391 e. The number of Topliss-reactive ketones (excluding diaryl/α,β-unsaturated/α-hetero) is 1. The second-order valence-electron chi connectivity index (χ2n) is 12.4. The molecular weight excluding hydrogens is 490 g/mol. The molecule has 7 nitrogen and oxygen atoms in total. The number of hydrogen-bond donors (Lipinski definition) is 2. The molecule has 1 heterocycles. The second-order valence-corrected chi connectivity index (χ2v) is 14.1. The van der Waals surface area contributed by atoms with Gasteiger partial charge in [-0.05, 0) is 85.9 Å². The summed E-state index contributed by atoms with van der Waals surface area (Å²) in [5.74, 6) is 3.47. The van der Waals surface area contributed by atoms with Gasteiger partial charge >= 0.3 is 0 Å². The Bertz CT molecular complexity index is 871. The third-order valence-electron chi connectivity index (χ3n) is 10.7. The maximum atomic E-state index is 12.6. The lowest BCUT2D eigenvalue weighted by atomic mass is 9.44. The lowest BCUT2D eigenvalue weighted by Crippen LogP contribution is -2.60. The summed E-state index contributed by atoms with van der Waals surface area (Å²) >= 11 is 5.99. The summed E-state index contributed by atoms with van der Waals surface area (Å²) in [5, 5.41) is 11.1. The van der Waals surface area contributed by atoms with Crippen molar-refractivity contribution >= 4 is 27.5 Å². The first kappa shape index (κ1) is 27.8. The molecule has 5 rings (SSSR count). The lowest BCUT2D eigenvalue weighted by Gasteiger charge is -2.62. The van der Waals surface area contributed by atoms with E-state index in [1.807, 2.05) is 0 Å². The minimum absolute atomic E-state index is 0.161. The van der Waals surface area contributed by atoms with Gasteiger partial charge in [0.05, 0.1) is 31.5 Å². The Morgan fingerprint density at radius 3 is 2.31 bits per heavy atom. The summed E-state index contributed by atoms with van der Waals surface area (Å²) in [6.45, 7) is 8.48. The third-order valence-corrected chi connectivity index (χ3v) is 11.0. The normalized spacial score (nSPS) is 45.9. The number of ether oxygens (including phenoxy) is 1. The van der Waals surface area contributed by atoms with E-state index in [0.29, 0.717) is 23.5 Å². The van der Waals surface area contributed by atoms with E-state index < -0.39 is 10.1 Å². The van der Waals surface area contributed by atoms with Gasteiger partial charge in [-0.15, -0.1) is 11.6 Å². The highest BCUT2D eigenvalue weighted by atomic mass is 35.5. The van der Waals surface area contributed by atoms with E-state index >= 15 is 0 Å². The minimum Gasteiger partial charge on any atom is -0.391 e. The number of carbonyl (C=O) groups is 1. The fraction of sp³-hybridized carbons (Fsp3) is 0.962. The molecule has 9 heteroatoms. The van der Waals surface area contributed by atoms with E-state index in [-0.39, 0.29) is 35.1 Å². The number of aliphatic hydroxyl groups excluding tert-OH is 1. The van der Waals surface area contributed by atoms with Crippen LogP contribution in [-0.2, 0) is 19.6 Å². The zero-order valence-electron chi connectivity index (χ0n) is 21.5. The molecule has 35 heavy (non-hydrogen) atoms. The summed E-state index contributed by atoms with van der Waals surface area (Å²) in [7, 11) is -3.67. The van der Waals surface area contributed by atoms with Crippen LogP contribution in [0.5, 0.6) is 0 Å². The third kappa shape index (κ3) is 5.49. The molecular formula is C26H44ClNO6S. The number of rotatable bonds is 3. The Morgan fingerprint density at radius 1 is 1.06 bits per heavy atom. The molecule has 9 atom stereocenters. The molecule has 0 spiro atoms. The lowest BCUT2D eigenvalue weighted by molar-refractivity contribution is -0.156. The monoisotopic (exact) mass is 533 g/mol. The van der Waals surface area contributed by atoms with Crippen LogP contribution in [-0.4, -0.2) is 79.3 Å². The van der Waals surface area contributed by atoms with Crippen molar-refractivity contribution in [1.82, 2.24) is 4.90 Å². The number of hydrogen-bond acceptors (Lipinski definition) is 6. The topological polar surface area (TPSA) is 104 Å². The molecule has 4 aliphatic carbocycles. The van der Waals surface area contributed by atoms with Gasteiger partial charge in [-0.25, -0.2) is 0 Å². The van der Waals surface area contributed by atoms with Gasteiger partial charge in [0.25, 0.3) is 10.1 Å². The minimum atomic E-state index is -3.67. The molecule has 0 bridgehead atoms. The van der Waals surface area contributed by atoms with Crippen LogP contribution < -0.4 is 0 Å². The standard InChI is InChI=1S/C25H40ClNO3.CH4O3S/c1-24-8-7-19-17(18(24)5-6-20(24)23(29)15-26)4-3-16-13-22(28)21(14-25(16,19)2)27-9-11-30-12-10-27;1-5(2,3)4/h16-22,28H,3-15H2,1-2H3;1H3,(H,2,3,4)/t16-,17-,18-,19-,20+,21-,22-,24-,25-;/m0./s1. The zero-order valence-corrected chi connectivity index (χ0v) is 23.1. The highest BCUT2D eigenvalue weighted by Gasteiger charge is 2.62. The number of alkyl halides is 1. The van der Waals surface area contributed by atoms with E-state index in [4.69, 9.17) is 20.9 Å². The van der Waals surface area contributed by atoms with Crippen LogP contribution in [0.1, 0.15) is 65.2 Å². The average Bonchev–Trinajstić information content (AvgIpc) is 3.15. The first-order chi connectivity index (χ1) is 16.4. The number of morpholine rings is 1. The summed E-state index contributed by atoms with van der Waals surface area (Å²) < 4.78 is 31.4. The number of fused-ring (bicyclic) bond motifs is 5. The maximum absolute atomic E-state index is 12.6. The fourth-order valence-corrected chi connectivity index (χ4v) is 9.37. The molecule has 5 fully saturated rings. The van der Waals surface area contributed by atoms with Crippen molar-refractivity contribution in [2.75, 3.05) is 38.4 Å². The summed E-state index contributed by atoms with van der Waals surface area (Å²) in [5.41, 5.74) is 0.481. The summed E-state index contributed by atoms with van der Waals surface area (Å²) in [6, 6.07) is 0.288. The average molecular weight is 534 g/mol. The van der Waals surface area contributed by atoms with Gasteiger partial charge in [-0.2, -0.15) is 8.42 Å². The predicted molar refractivity (Wildman–Crippen MR) is 136 cm³/mol. The van der Waals surface area contributed by atoms with Gasteiger partial charge in [-0.3, -0.25) is 14.2 Å². The first-order valence-electron chi connectivity index (χ1n) is 13.4. The molecule has 1 aliphatic heterocycles. The molecule has 0 aromatic heterocycles. The van der Waals surface area contributed by atoms with Crippen molar-refractivity contribution in [3.05, 3.63) is 0 Å². The van der Waals surface area contributed by atoms with Gasteiger partial charge in [-0.1, -0.05) is 13.8 Å². The number of aliphatic hydroxyl groups is 1. The van der Waals surface area contributed by atoms with Crippen LogP contribution in [0.2, 0.25) is 0 Å². The quantitative estimate of drug-likeness (QED) is 0.421. The second kappa shape index (κ2) is 10.5. The van der Waals surface area contributed by atoms with Gasteiger partial charge in [0.15, 0.2) is 5.78 Å². The molecule has 0 unspecified atom stereocenters. The number of carbonyl (C=O) groups excluding carboxylic acids is 1. The van der Waals surface area contributed by atoms with E-state index in [0.717, 1.165) is 57.4 Å². The van der Waals surface area contributed by atoms with Gasteiger partial charge < -0.3 is 9.84 Å². The molecule has 5 aliphatic rings.